The van der Waals surface area contributed by atoms with Gasteiger partial charge in [0.25, 0.3) is 0 Å². The van der Waals surface area contributed by atoms with Crippen LogP contribution in [0.5, 0.6) is 0 Å². The first kappa shape index (κ1) is 18.0. The zero-order chi connectivity index (χ0) is 19.3. The lowest BCUT2D eigenvalue weighted by molar-refractivity contribution is -0.119. The molecule has 1 fully saturated rings. The summed E-state index contributed by atoms with van der Waals surface area (Å²) in [5, 5.41) is 4.43. The number of aromatic nitrogens is 2. The number of piperidine rings is 1. The van der Waals surface area contributed by atoms with Crippen molar-refractivity contribution in [3.8, 4) is 5.69 Å². The van der Waals surface area contributed by atoms with Crippen LogP contribution in [0.15, 0.2) is 66.9 Å². The molecule has 28 heavy (non-hydrogen) atoms. The normalized spacial score (nSPS) is 14.1. The quantitative estimate of drug-likeness (QED) is 0.637. The molecule has 0 unspecified atom stereocenters. The van der Waals surface area contributed by atoms with Gasteiger partial charge in [-0.2, -0.15) is 5.10 Å². The Morgan fingerprint density at radius 2 is 1.75 bits per heavy atom. The molecule has 1 saturated heterocycles. The van der Waals surface area contributed by atoms with Gasteiger partial charge in [0, 0.05) is 24.8 Å². The van der Waals surface area contributed by atoms with Crippen molar-refractivity contribution in [2.75, 3.05) is 11.4 Å². The number of nitrogens with zero attached hydrogens (tertiary/aromatic N) is 3. The summed E-state index contributed by atoms with van der Waals surface area (Å²) in [6.07, 6.45) is 4.37. The minimum Gasteiger partial charge on any atom is -0.456 e. The van der Waals surface area contributed by atoms with Crippen molar-refractivity contribution in [2.45, 2.75) is 25.9 Å². The first-order chi connectivity index (χ1) is 13.7. The Morgan fingerprint density at radius 1 is 0.964 bits per heavy atom. The summed E-state index contributed by atoms with van der Waals surface area (Å²) in [6, 6.07) is 18.6. The first-order valence-electron chi connectivity index (χ1n) is 9.38. The van der Waals surface area contributed by atoms with Crippen LogP contribution in [0.3, 0.4) is 0 Å². The van der Waals surface area contributed by atoms with Gasteiger partial charge < -0.3 is 9.64 Å². The Hall–Kier alpha value is -3.41. The van der Waals surface area contributed by atoms with Crippen LogP contribution >= 0.6 is 0 Å². The fourth-order valence-electron chi connectivity index (χ4n) is 3.24. The van der Waals surface area contributed by atoms with Crippen molar-refractivity contribution < 1.29 is 14.3 Å². The molecule has 1 aliphatic heterocycles. The zero-order valence-electron chi connectivity index (χ0n) is 15.5. The molecule has 1 aromatic heterocycles. The molecular formula is C22H21N3O3. The summed E-state index contributed by atoms with van der Waals surface area (Å²) in [5.41, 5.74) is 2.90. The number of esters is 1. The van der Waals surface area contributed by atoms with Crippen LogP contribution in [0, 0.1) is 0 Å². The number of carbonyl (C=O) groups excluding carboxylic acids is 2. The van der Waals surface area contributed by atoms with Gasteiger partial charge in [0.15, 0.2) is 0 Å². The van der Waals surface area contributed by atoms with Gasteiger partial charge in [-0.1, -0.05) is 18.2 Å². The van der Waals surface area contributed by atoms with E-state index < -0.39 is 5.97 Å². The Bertz CT molecular complexity index is 964. The topological polar surface area (TPSA) is 64.4 Å². The SMILES string of the molecule is O=C(OCc1ccn(-c2ccccc2)n1)c1ccc(N2CCCCC2=O)cc1. The Kier molecular flexibility index (Phi) is 5.19. The predicted octanol–water partition coefficient (Wildman–Crippen LogP) is 3.75. The summed E-state index contributed by atoms with van der Waals surface area (Å²) in [4.78, 5) is 26.1. The Labute approximate surface area is 163 Å². The molecule has 0 aliphatic carbocycles. The maximum atomic E-state index is 12.3. The van der Waals surface area contributed by atoms with Gasteiger partial charge in [-0.15, -0.1) is 0 Å². The van der Waals surface area contributed by atoms with Crippen LogP contribution in [-0.4, -0.2) is 28.2 Å². The maximum Gasteiger partial charge on any atom is 0.338 e. The molecule has 0 bridgehead atoms. The zero-order valence-corrected chi connectivity index (χ0v) is 15.5. The number of para-hydroxylation sites is 1. The average Bonchev–Trinajstić information content (AvgIpc) is 3.22. The Balaban J connectivity index is 1.36. The standard InChI is InChI=1S/C22H21N3O3/c26-21-8-4-5-14-24(21)19-11-9-17(10-12-19)22(27)28-16-18-13-15-25(23-18)20-6-2-1-3-7-20/h1-3,6-7,9-13,15H,4-5,8,14,16H2. The molecule has 6 nitrogen and oxygen atoms in total. The number of benzene rings is 2. The highest BCUT2D eigenvalue weighted by Gasteiger charge is 2.20. The van der Waals surface area contributed by atoms with Gasteiger partial charge in [0.05, 0.1) is 11.3 Å². The minimum atomic E-state index is -0.411. The number of carbonyl (C=O) groups is 2. The van der Waals surface area contributed by atoms with Gasteiger partial charge >= 0.3 is 5.97 Å². The third-order valence-electron chi connectivity index (χ3n) is 4.75. The molecule has 0 saturated carbocycles. The number of hydrogen-bond donors (Lipinski definition) is 0. The number of hydrogen-bond acceptors (Lipinski definition) is 4. The predicted molar refractivity (Wildman–Crippen MR) is 105 cm³/mol. The summed E-state index contributed by atoms with van der Waals surface area (Å²) in [6.45, 7) is 0.831. The molecule has 1 aliphatic rings. The highest BCUT2D eigenvalue weighted by molar-refractivity contribution is 5.95. The summed E-state index contributed by atoms with van der Waals surface area (Å²) in [5.74, 6) is -0.277. The molecule has 2 aromatic carbocycles. The second-order valence-electron chi connectivity index (χ2n) is 6.71. The van der Waals surface area contributed by atoms with E-state index in [-0.39, 0.29) is 12.5 Å². The Morgan fingerprint density at radius 3 is 2.50 bits per heavy atom. The van der Waals surface area contributed by atoms with Crippen molar-refractivity contribution in [3.63, 3.8) is 0 Å². The number of amides is 1. The van der Waals surface area contributed by atoms with Crippen LogP contribution in [0.1, 0.15) is 35.3 Å². The van der Waals surface area contributed by atoms with Crippen LogP contribution in [-0.2, 0) is 16.1 Å². The summed E-state index contributed by atoms with van der Waals surface area (Å²) >= 11 is 0. The molecule has 1 amide bonds. The van der Waals surface area contributed by atoms with Crippen LogP contribution in [0.2, 0.25) is 0 Å². The first-order valence-corrected chi connectivity index (χ1v) is 9.38. The van der Waals surface area contributed by atoms with E-state index in [9.17, 15) is 9.59 Å². The number of anilines is 1. The minimum absolute atomic E-state index is 0.102. The van der Waals surface area contributed by atoms with Gasteiger partial charge in [-0.25, -0.2) is 9.48 Å². The summed E-state index contributed by atoms with van der Waals surface area (Å²) in [7, 11) is 0. The molecule has 0 radical (unpaired) electrons. The lowest BCUT2D eigenvalue weighted by Crippen LogP contribution is -2.35. The molecule has 0 atom stereocenters. The molecule has 3 aromatic rings. The fraction of sp³-hybridized carbons (Fsp3) is 0.227. The second-order valence-corrected chi connectivity index (χ2v) is 6.71. The molecule has 2 heterocycles. The van der Waals surface area contributed by atoms with E-state index in [2.05, 4.69) is 5.10 Å². The lowest BCUT2D eigenvalue weighted by atomic mass is 10.1. The van der Waals surface area contributed by atoms with Crippen LogP contribution in [0.4, 0.5) is 5.69 Å². The average molecular weight is 375 g/mol. The van der Waals surface area contributed by atoms with E-state index in [0.29, 0.717) is 17.7 Å². The summed E-state index contributed by atoms with van der Waals surface area (Å²) < 4.78 is 7.12. The molecule has 142 valence electrons. The van der Waals surface area contributed by atoms with Gasteiger partial charge in [0.2, 0.25) is 5.91 Å². The van der Waals surface area contributed by atoms with Crippen molar-refractivity contribution in [3.05, 3.63) is 78.1 Å². The van der Waals surface area contributed by atoms with Gasteiger partial charge in [-0.05, 0) is 55.3 Å². The van der Waals surface area contributed by atoms with E-state index in [0.717, 1.165) is 30.8 Å². The lowest BCUT2D eigenvalue weighted by Gasteiger charge is -2.26. The van der Waals surface area contributed by atoms with Gasteiger partial charge in [-0.3, -0.25) is 4.79 Å². The second kappa shape index (κ2) is 8.08. The van der Waals surface area contributed by atoms with Crippen molar-refractivity contribution in [1.29, 1.82) is 0 Å². The molecule has 6 heteroatoms. The van der Waals surface area contributed by atoms with E-state index in [1.54, 1.807) is 33.8 Å². The largest absolute Gasteiger partial charge is 0.456 e. The van der Waals surface area contributed by atoms with E-state index in [1.165, 1.54) is 0 Å². The molecular weight excluding hydrogens is 354 g/mol. The molecule has 0 spiro atoms. The van der Waals surface area contributed by atoms with Crippen molar-refractivity contribution in [1.82, 2.24) is 9.78 Å². The van der Waals surface area contributed by atoms with E-state index in [1.807, 2.05) is 42.6 Å². The highest BCUT2D eigenvalue weighted by atomic mass is 16.5. The monoisotopic (exact) mass is 375 g/mol. The highest BCUT2D eigenvalue weighted by Crippen LogP contribution is 2.21. The van der Waals surface area contributed by atoms with Crippen molar-refractivity contribution >= 4 is 17.6 Å². The third kappa shape index (κ3) is 3.96. The number of rotatable bonds is 5. The van der Waals surface area contributed by atoms with Crippen molar-refractivity contribution in [2.24, 2.45) is 0 Å². The van der Waals surface area contributed by atoms with Crippen LogP contribution in [0.25, 0.3) is 5.69 Å². The van der Waals surface area contributed by atoms with Crippen LogP contribution < -0.4 is 4.90 Å². The molecule has 4 rings (SSSR count). The third-order valence-corrected chi connectivity index (χ3v) is 4.75. The van der Waals surface area contributed by atoms with Gasteiger partial charge in [0.1, 0.15) is 12.3 Å². The van der Waals surface area contributed by atoms with E-state index >= 15 is 0 Å². The smallest absolute Gasteiger partial charge is 0.338 e. The maximum absolute atomic E-state index is 12.3. The molecule has 0 N–H and O–H groups in total. The fourth-order valence-corrected chi connectivity index (χ4v) is 3.24. The number of ether oxygens (including phenoxy) is 1. The van der Waals surface area contributed by atoms with E-state index in [4.69, 9.17) is 4.74 Å².